The molecular weight excluding hydrogens is 421 g/mol. The quantitative estimate of drug-likeness (QED) is 0.748. The summed E-state index contributed by atoms with van der Waals surface area (Å²) < 4.78 is 20.4. The third-order valence-corrected chi connectivity index (χ3v) is 6.14. The van der Waals surface area contributed by atoms with E-state index in [2.05, 4.69) is 5.32 Å². The first-order chi connectivity index (χ1) is 13.9. The molecule has 1 aromatic carbocycles. The summed E-state index contributed by atoms with van der Waals surface area (Å²) in [6.45, 7) is 1.31. The number of aliphatic hydroxyl groups excluding tert-OH is 1. The lowest BCUT2D eigenvalue weighted by molar-refractivity contribution is 0.0920. The molecule has 7 nitrogen and oxygen atoms in total. The molecule has 29 heavy (non-hydrogen) atoms. The molecule has 2 atom stereocenters. The number of nitrogens with zero attached hydrogens (tertiary/aromatic N) is 2. The van der Waals surface area contributed by atoms with Crippen LogP contribution in [0.1, 0.15) is 16.1 Å². The maximum Gasteiger partial charge on any atom is 0.414 e. The number of benzene rings is 1. The van der Waals surface area contributed by atoms with Crippen LogP contribution >= 0.6 is 22.9 Å². The van der Waals surface area contributed by atoms with E-state index >= 15 is 0 Å². The minimum atomic E-state index is -0.591. The van der Waals surface area contributed by atoms with Crippen LogP contribution < -0.4 is 15.1 Å². The smallest absolute Gasteiger partial charge is 0.414 e. The van der Waals surface area contributed by atoms with Gasteiger partial charge in [0, 0.05) is 13.1 Å². The fourth-order valence-corrected chi connectivity index (χ4v) is 4.41. The van der Waals surface area contributed by atoms with Crippen LogP contribution in [0.2, 0.25) is 4.34 Å². The summed E-state index contributed by atoms with van der Waals surface area (Å²) in [6, 6.07) is 7.80. The van der Waals surface area contributed by atoms with Crippen LogP contribution in [0.3, 0.4) is 0 Å². The number of anilines is 2. The van der Waals surface area contributed by atoms with Crippen molar-refractivity contribution in [1.29, 1.82) is 0 Å². The van der Waals surface area contributed by atoms with Gasteiger partial charge in [0.15, 0.2) is 0 Å². The molecule has 0 spiro atoms. The fraction of sp³-hybridized carbons (Fsp3) is 0.368. The highest BCUT2D eigenvalue weighted by atomic mass is 35.5. The number of β-amino-alcohol motifs (C(OH)–C–C–N with tert-alkyl or cyclic N) is 1. The topological polar surface area (TPSA) is 82.1 Å². The largest absolute Gasteiger partial charge is 0.442 e. The average molecular weight is 440 g/mol. The van der Waals surface area contributed by atoms with Crippen molar-refractivity contribution in [2.24, 2.45) is 0 Å². The number of carbonyl (C=O) groups excluding carboxylic acids is 2. The highest BCUT2D eigenvalue weighted by Gasteiger charge is 2.33. The summed E-state index contributed by atoms with van der Waals surface area (Å²) in [5.41, 5.74) is 0.783. The van der Waals surface area contributed by atoms with E-state index in [1.165, 1.54) is 11.0 Å². The number of cyclic esters (lactones) is 1. The first-order valence-corrected chi connectivity index (χ1v) is 10.3. The van der Waals surface area contributed by atoms with E-state index in [0.717, 1.165) is 11.3 Å². The van der Waals surface area contributed by atoms with Gasteiger partial charge in [-0.05, 0) is 36.8 Å². The highest BCUT2D eigenvalue weighted by molar-refractivity contribution is 7.17. The molecule has 0 radical (unpaired) electrons. The minimum absolute atomic E-state index is 0.142. The fourth-order valence-electron chi connectivity index (χ4n) is 3.45. The summed E-state index contributed by atoms with van der Waals surface area (Å²) in [6.07, 6.45) is -0.987. The zero-order chi connectivity index (χ0) is 20.5. The number of hydrogen-bond acceptors (Lipinski definition) is 6. The van der Waals surface area contributed by atoms with E-state index in [-0.39, 0.29) is 19.0 Å². The van der Waals surface area contributed by atoms with Crippen LogP contribution in [0.15, 0.2) is 30.3 Å². The molecule has 2 aliphatic heterocycles. The van der Waals surface area contributed by atoms with Gasteiger partial charge in [-0.2, -0.15) is 0 Å². The molecular formula is C19H19ClFN3O4S. The Labute approximate surface area is 175 Å². The molecule has 2 N–H and O–H groups in total. The van der Waals surface area contributed by atoms with E-state index in [4.69, 9.17) is 16.3 Å². The third kappa shape index (κ3) is 4.31. The Kier molecular flexibility index (Phi) is 5.62. The molecule has 0 bridgehead atoms. The summed E-state index contributed by atoms with van der Waals surface area (Å²) in [4.78, 5) is 27.9. The van der Waals surface area contributed by atoms with Crippen molar-refractivity contribution in [3.63, 3.8) is 0 Å². The number of nitrogens with one attached hydrogen (secondary N) is 1. The van der Waals surface area contributed by atoms with Crippen molar-refractivity contribution in [1.82, 2.24) is 5.32 Å². The Morgan fingerprint density at radius 3 is 2.83 bits per heavy atom. The monoisotopic (exact) mass is 439 g/mol. The van der Waals surface area contributed by atoms with Gasteiger partial charge in [0.2, 0.25) is 0 Å². The lowest BCUT2D eigenvalue weighted by atomic mass is 10.2. The standard InChI is InChI=1S/C19H19ClFN3O4S/c20-17-4-3-16(29-17)18(26)22-8-13-10-24(19(27)28-13)11-1-2-15(14(21)7-11)23-6-5-12(25)9-23/h1-4,7,12-13,25H,5-6,8-10H2,(H,22,26). The van der Waals surface area contributed by atoms with E-state index in [9.17, 15) is 19.1 Å². The predicted octanol–water partition coefficient (Wildman–Crippen LogP) is 2.87. The van der Waals surface area contributed by atoms with Gasteiger partial charge in [-0.3, -0.25) is 9.69 Å². The molecule has 2 saturated heterocycles. The Morgan fingerprint density at radius 1 is 1.34 bits per heavy atom. The maximum absolute atomic E-state index is 14.6. The van der Waals surface area contributed by atoms with E-state index in [1.807, 2.05) is 0 Å². The van der Waals surface area contributed by atoms with Crippen molar-refractivity contribution in [2.45, 2.75) is 18.6 Å². The zero-order valence-corrected chi connectivity index (χ0v) is 16.9. The maximum atomic E-state index is 14.6. The van der Waals surface area contributed by atoms with Crippen molar-refractivity contribution in [2.75, 3.05) is 36.0 Å². The van der Waals surface area contributed by atoms with Gasteiger partial charge in [0.05, 0.1) is 39.8 Å². The molecule has 1 aromatic heterocycles. The first-order valence-electron chi connectivity index (χ1n) is 9.15. The predicted molar refractivity (Wildman–Crippen MR) is 109 cm³/mol. The Balaban J connectivity index is 1.37. The molecule has 4 rings (SSSR count). The molecule has 2 aromatic rings. The summed E-state index contributed by atoms with van der Waals surface area (Å²) in [5.74, 6) is -0.754. The number of hydrogen-bond donors (Lipinski definition) is 2. The average Bonchev–Trinajstić information content (AvgIpc) is 3.40. The molecule has 2 fully saturated rings. The van der Waals surface area contributed by atoms with Crippen LogP contribution in [-0.2, 0) is 4.74 Å². The van der Waals surface area contributed by atoms with E-state index in [1.54, 1.807) is 29.2 Å². The van der Waals surface area contributed by atoms with Gasteiger partial charge < -0.3 is 20.1 Å². The lowest BCUT2D eigenvalue weighted by Crippen LogP contribution is -2.34. The summed E-state index contributed by atoms with van der Waals surface area (Å²) in [7, 11) is 0. The molecule has 3 heterocycles. The van der Waals surface area contributed by atoms with Crippen molar-refractivity contribution in [3.8, 4) is 0 Å². The van der Waals surface area contributed by atoms with Crippen LogP contribution in [0.5, 0.6) is 0 Å². The lowest BCUT2D eigenvalue weighted by Gasteiger charge is -2.20. The van der Waals surface area contributed by atoms with Gasteiger partial charge in [0.1, 0.15) is 11.9 Å². The normalized spacial score (nSPS) is 21.6. The molecule has 2 amide bonds. The van der Waals surface area contributed by atoms with Gasteiger partial charge in [0.25, 0.3) is 5.91 Å². The van der Waals surface area contributed by atoms with Crippen molar-refractivity contribution in [3.05, 3.63) is 45.4 Å². The zero-order valence-electron chi connectivity index (χ0n) is 15.3. The number of rotatable bonds is 5. The first kappa shape index (κ1) is 19.9. The molecule has 2 aliphatic rings. The van der Waals surface area contributed by atoms with Crippen LogP contribution in [0, 0.1) is 5.82 Å². The van der Waals surface area contributed by atoms with Crippen LogP contribution in [0.4, 0.5) is 20.6 Å². The number of ether oxygens (including phenoxy) is 1. The second-order valence-corrected chi connectivity index (χ2v) is 8.67. The number of halogens is 2. The summed E-state index contributed by atoms with van der Waals surface area (Å²) >= 11 is 6.99. The van der Waals surface area contributed by atoms with Gasteiger partial charge in [-0.25, -0.2) is 9.18 Å². The highest BCUT2D eigenvalue weighted by Crippen LogP contribution is 2.29. The van der Waals surface area contributed by atoms with Crippen molar-refractivity contribution >= 4 is 46.3 Å². The van der Waals surface area contributed by atoms with Gasteiger partial charge in [-0.1, -0.05) is 11.6 Å². The second-order valence-electron chi connectivity index (χ2n) is 6.95. The SMILES string of the molecule is O=C(NCC1CN(c2ccc(N3CCC(O)C3)c(F)c2)C(=O)O1)c1ccc(Cl)s1. The Morgan fingerprint density at radius 2 is 2.17 bits per heavy atom. The van der Waals surface area contributed by atoms with Crippen LogP contribution in [0.25, 0.3) is 0 Å². The van der Waals surface area contributed by atoms with Gasteiger partial charge >= 0.3 is 6.09 Å². The molecule has 10 heteroatoms. The Hall–Kier alpha value is -2.36. The minimum Gasteiger partial charge on any atom is -0.442 e. The van der Waals surface area contributed by atoms with Gasteiger partial charge in [-0.15, -0.1) is 11.3 Å². The molecule has 0 aliphatic carbocycles. The number of aliphatic hydroxyl groups is 1. The second kappa shape index (κ2) is 8.17. The third-order valence-electron chi connectivity index (χ3n) is 4.91. The van der Waals surface area contributed by atoms with Crippen molar-refractivity contribution < 1.29 is 23.8 Å². The molecule has 2 unspecified atom stereocenters. The van der Waals surface area contributed by atoms with E-state index in [0.29, 0.717) is 40.1 Å². The molecule has 154 valence electrons. The summed E-state index contributed by atoms with van der Waals surface area (Å²) in [5, 5.41) is 12.4. The Bertz CT molecular complexity index is 940. The van der Waals surface area contributed by atoms with E-state index < -0.39 is 24.1 Å². The number of carbonyl (C=O) groups is 2. The molecule has 0 saturated carbocycles. The number of amides is 2. The number of thiophene rings is 1. The van der Waals surface area contributed by atoms with Crippen LogP contribution in [-0.4, -0.2) is 55.5 Å².